The third kappa shape index (κ3) is 2.76. The number of fused-ring (bicyclic) bond motifs is 2. The summed E-state index contributed by atoms with van der Waals surface area (Å²) in [5.41, 5.74) is 3.52. The summed E-state index contributed by atoms with van der Waals surface area (Å²) in [5.74, 6) is -0.114. The fourth-order valence-electron chi connectivity index (χ4n) is 3.85. The largest absolute Gasteiger partial charge is 0.467 e. The van der Waals surface area contributed by atoms with Gasteiger partial charge in [0.05, 0.1) is 42.6 Å². The second kappa shape index (κ2) is 6.83. The number of aromatic amines is 1. The number of nitrogens with zero attached hydrogens (tertiary/aromatic N) is 6. The minimum Gasteiger partial charge on any atom is -0.467 e. The molecule has 0 saturated carbocycles. The minimum absolute atomic E-state index is 0.249. The van der Waals surface area contributed by atoms with Crippen molar-refractivity contribution in [2.75, 3.05) is 7.11 Å². The number of rotatable bonds is 3. The second-order valence-electron chi connectivity index (χ2n) is 7.18. The van der Waals surface area contributed by atoms with Crippen LogP contribution in [0.3, 0.4) is 0 Å². The van der Waals surface area contributed by atoms with Crippen LogP contribution in [-0.2, 0) is 29.5 Å². The number of hydrogen-bond acceptors (Lipinski definition) is 6. The quantitative estimate of drug-likeness (QED) is 0.513. The summed E-state index contributed by atoms with van der Waals surface area (Å²) in [6.07, 6.45) is 5.50. The number of ether oxygens (including phenoxy) is 1. The number of aromatic nitrogens is 6. The predicted octanol–water partition coefficient (Wildman–Crippen LogP) is 1.20. The maximum Gasteiger partial charge on any atom is 0.329 e. The highest BCUT2D eigenvalue weighted by Gasteiger charge is 2.37. The van der Waals surface area contributed by atoms with Crippen LogP contribution in [0.15, 0.2) is 43.0 Å². The highest BCUT2D eigenvalue weighted by atomic mass is 16.5. The fourth-order valence-corrected chi connectivity index (χ4v) is 3.85. The van der Waals surface area contributed by atoms with Gasteiger partial charge in [-0.3, -0.25) is 9.20 Å². The van der Waals surface area contributed by atoms with E-state index in [0.717, 1.165) is 17.1 Å². The van der Waals surface area contributed by atoms with E-state index in [1.165, 1.54) is 12.0 Å². The molecule has 10 heteroatoms. The third-order valence-electron chi connectivity index (χ3n) is 5.46. The highest BCUT2D eigenvalue weighted by molar-refractivity contribution is 5.97. The Labute approximate surface area is 171 Å². The van der Waals surface area contributed by atoms with Crippen molar-refractivity contribution >= 4 is 17.5 Å². The Bertz CT molecular complexity index is 1270. The lowest BCUT2D eigenvalue weighted by molar-refractivity contribution is -0.146. The van der Waals surface area contributed by atoms with E-state index in [4.69, 9.17) is 4.74 Å². The summed E-state index contributed by atoms with van der Waals surface area (Å²) in [4.78, 5) is 34.6. The Hall–Kier alpha value is -3.95. The molecule has 0 saturated heterocycles. The van der Waals surface area contributed by atoms with Crippen molar-refractivity contribution in [3.8, 4) is 11.5 Å². The SMILES string of the molecule is COC(=O)C1Cc2nc[nH]c2CN1C(=O)c1ccc2nnc(-c3cccn3C)n2c1. The molecule has 4 aromatic rings. The van der Waals surface area contributed by atoms with Gasteiger partial charge in [-0.1, -0.05) is 0 Å². The molecule has 0 aromatic carbocycles. The van der Waals surface area contributed by atoms with Gasteiger partial charge in [0.1, 0.15) is 6.04 Å². The van der Waals surface area contributed by atoms with Crippen LogP contribution in [0.1, 0.15) is 21.7 Å². The van der Waals surface area contributed by atoms with Crippen LogP contribution in [0.25, 0.3) is 17.2 Å². The van der Waals surface area contributed by atoms with Gasteiger partial charge in [0, 0.05) is 25.9 Å². The maximum atomic E-state index is 13.4. The van der Waals surface area contributed by atoms with Crippen molar-refractivity contribution in [2.45, 2.75) is 19.0 Å². The number of esters is 1. The molecular formula is C20H19N7O3. The first-order valence-corrected chi connectivity index (χ1v) is 9.43. The van der Waals surface area contributed by atoms with Gasteiger partial charge in [-0.2, -0.15) is 0 Å². The number of imidazole rings is 1. The monoisotopic (exact) mass is 405 g/mol. The van der Waals surface area contributed by atoms with Gasteiger partial charge in [-0.25, -0.2) is 9.78 Å². The average Bonchev–Trinajstić information content (AvgIpc) is 3.50. The third-order valence-corrected chi connectivity index (χ3v) is 5.46. The zero-order valence-corrected chi connectivity index (χ0v) is 16.4. The summed E-state index contributed by atoms with van der Waals surface area (Å²) in [7, 11) is 3.24. The number of nitrogens with one attached hydrogen (secondary N) is 1. The summed E-state index contributed by atoms with van der Waals surface area (Å²) in [5, 5.41) is 8.47. The van der Waals surface area contributed by atoms with Crippen LogP contribution >= 0.6 is 0 Å². The molecule has 0 bridgehead atoms. The van der Waals surface area contributed by atoms with Crippen molar-refractivity contribution in [3.05, 3.63) is 59.9 Å². The van der Waals surface area contributed by atoms with Crippen molar-refractivity contribution in [1.82, 2.24) is 34.0 Å². The van der Waals surface area contributed by atoms with E-state index in [2.05, 4.69) is 20.2 Å². The van der Waals surface area contributed by atoms with Crippen molar-refractivity contribution in [1.29, 1.82) is 0 Å². The van der Waals surface area contributed by atoms with E-state index >= 15 is 0 Å². The summed E-state index contributed by atoms with van der Waals surface area (Å²) in [6, 6.07) is 6.55. The predicted molar refractivity (Wildman–Crippen MR) is 105 cm³/mol. The molecule has 1 amide bonds. The van der Waals surface area contributed by atoms with E-state index in [1.807, 2.05) is 29.9 Å². The first-order valence-electron chi connectivity index (χ1n) is 9.43. The molecule has 0 spiro atoms. The molecule has 4 aromatic heterocycles. The van der Waals surface area contributed by atoms with Gasteiger partial charge < -0.3 is 19.2 Å². The molecule has 0 fully saturated rings. The topological polar surface area (TPSA) is 110 Å². The Morgan fingerprint density at radius 3 is 2.87 bits per heavy atom. The normalized spacial score (nSPS) is 15.9. The average molecular weight is 405 g/mol. The van der Waals surface area contributed by atoms with Crippen molar-refractivity contribution in [3.63, 3.8) is 0 Å². The van der Waals surface area contributed by atoms with E-state index in [9.17, 15) is 9.59 Å². The number of carbonyl (C=O) groups excluding carboxylic acids is 2. The van der Waals surface area contributed by atoms with Gasteiger partial charge in [0.15, 0.2) is 11.5 Å². The number of H-pyrrole nitrogens is 1. The molecule has 1 atom stereocenters. The lowest BCUT2D eigenvalue weighted by Crippen LogP contribution is -2.49. The van der Waals surface area contributed by atoms with E-state index in [0.29, 0.717) is 23.5 Å². The van der Waals surface area contributed by atoms with Gasteiger partial charge in [-0.05, 0) is 24.3 Å². The summed E-state index contributed by atoms with van der Waals surface area (Å²) < 4.78 is 8.65. The maximum absolute atomic E-state index is 13.4. The van der Waals surface area contributed by atoms with Crippen LogP contribution < -0.4 is 0 Å². The lowest BCUT2D eigenvalue weighted by atomic mass is 10.0. The van der Waals surface area contributed by atoms with Crippen molar-refractivity contribution in [2.24, 2.45) is 7.05 Å². The molecule has 30 heavy (non-hydrogen) atoms. The molecule has 1 aliphatic heterocycles. The van der Waals surface area contributed by atoms with Gasteiger partial charge in [0.25, 0.3) is 5.91 Å². The number of aryl methyl sites for hydroxylation is 1. The Morgan fingerprint density at radius 2 is 2.10 bits per heavy atom. The number of pyridine rings is 1. The zero-order chi connectivity index (χ0) is 20.8. The van der Waals surface area contributed by atoms with Crippen LogP contribution in [0.4, 0.5) is 0 Å². The van der Waals surface area contributed by atoms with Gasteiger partial charge in [-0.15, -0.1) is 10.2 Å². The number of carbonyl (C=O) groups is 2. The smallest absolute Gasteiger partial charge is 0.329 e. The molecule has 152 valence electrons. The Kier molecular flexibility index (Phi) is 4.12. The molecule has 0 radical (unpaired) electrons. The molecule has 5 heterocycles. The van der Waals surface area contributed by atoms with Gasteiger partial charge in [0.2, 0.25) is 0 Å². The van der Waals surface area contributed by atoms with Crippen molar-refractivity contribution < 1.29 is 14.3 Å². The van der Waals surface area contributed by atoms with Crippen LogP contribution in [0.5, 0.6) is 0 Å². The molecule has 1 aliphatic rings. The molecule has 0 aliphatic carbocycles. The molecular weight excluding hydrogens is 386 g/mol. The zero-order valence-electron chi connectivity index (χ0n) is 16.4. The first kappa shape index (κ1) is 18.1. The number of hydrogen-bond donors (Lipinski definition) is 1. The van der Waals surface area contributed by atoms with E-state index < -0.39 is 12.0 Å². The first-order chi connectivity index (χ1) is 14.6. The summed E-state index contributed by atoms with van der Waals surface area (Å²) in [6.45, 7) is 0.249. The van der Waals surface area contributed by atoms with Crippen LogP contribution in [0, 0.1) is 0 Å². The number of amides is 1. The second-order valence-corrected chi connectivity index (χ2v) is 7.18. The molecule has 1 unspecified atom stereocenters. The summed E-state index contributed by atoms with van der Waals surface area (Å²) >= 11 is 0. The Morgan fingerprint density at radius 1 is 1.23 bits per heavy atom. The number of methoxy groups -OCH3 is 1. The minimum atomic E-state index is -0.734. The van der Waals surface area contributed by atoms with E-state index in [1.54, 1.807) is 29.1 Å². The Balaban J connectivity index is 1.55. The highest BCUT2D eigenvalue weighted by Crippen LogP contribution is 2.25. The lowest BCUT2D eigenvalue weighted by Gasteiger charge is -2.33. The van der Waals surface area contributed by atoms with Crippen LogP contribution in [-0.4, -0.2) is 59.1 Å². The fraction of sp³-hybridized carbons (Fsp3) is 0.250. The van der Waals surface area contributed by atoms with Crippen LogP contribution in [0.2, 0.25) is 0 Å². The molecule has 5 rings (SSSR count). The molecule has 1 N–H and O–H groups in total. The standard InChI is InChI=1S/C20H19N7O3/c1-25-7-3-4-15(25)18-24-23-17-6-5-12(9-27(17)18)19(28)26-10-14-13(21-11-22-14)8-16(26)20(29)30-2/h3-7,9,11,16H,8,10H2,1-2H3,(H,21,22). The van der Waals surface area contributed by atoms with E-state index in [-0.39, 0.29) is 12.5 Å². The molecule has 10 nitrogen and oxygen atoms in total. The van der Waals surface area contributed by atoms with Gasteiger partial charge >= 0.3 is 5.97 Å².